The number of carbonyl (C=O) groups excluding carboxylic acids is 1. The van der Waals surface area contributed by atoms with E-state index in [4.69, 9.17) is 4.74 Å². The molecule has 1 amide bonds. The number of carbonyl (C=O) groups is 1. The van der Waals surface area contributed by atoms with E-state index < -0.39 is 22.5 Å². The molecule has 33 heavy (non-hydrogen) atoms. The van der Waals surface area contributed by atoms with Gasteiger partial charge in [-0.25, -0.2) is 13.8 Å². The van der Waals surface area contributed by atoms with E-state index in [0.717, 1.165) is 21.8 Å². The summed E-state index contributed by atoms with van der Waals surface area (Å²) in [6.07, 6.45) is 2.54. The van der Waals surface area contributed by atoms with Gasteiger partial charge < -0.3 is 9.64 Å². The van der Waals surface area contributed by atoms with E-state index in [1.165, 1.54) is 6.21 Å². The van der Waals surface area contributed by atoms with E-state index in [1.54, 1.807) is 24.3 Å². The second kappa shape index (κ2) is 10.6. The van der Waals surface area contributed by atoms with Crippen molar-refractivity contribution in [3.05, 3.63) is 84.4 Å². The van der Waals surface area contributed by atoms with Gasteiger partial charge in [0.25, 0.3) is 5.91 Å². The highest BCUT2D eigenvalue weighted by molar-refractivity contribution is 7.92. The van der Waals surface area contributed by atoms with Crippen molar-refractivity contribution in [2.24, 2.45) is 5.10 Å². The predicted molar refractivity (Wildman–Crippen MR) is 132 cm³/mol. The van der Waals surface area contributed by atoms with Gasteiger partial charge in [0.1, 0.15) is 18.0 Å². The normalized spacial score (nSPS) is 11.2. The van der Waals surface area contributed by atoms with Crippen LogP contribution < -0.4 is 19.4 Å². The van der Waals surface area contributed by atoms with Crippen LogP contribution in [-0.2, 0) is 14.8 Å². The number of hydrogen-bond donors (Lipinski definition) is 1. The van der Waals surface area contributed by atoms with Gasteiger partial charge in [-0.15, -0.1) is 0 Å². The van der Waals surface area contributed by atoms with Gasteiger partial charge in [0.15, 0.2) is 0 Å². The zero-order valence-electron chi connectivity index (χ0n) is 18.7. The maximum Gasteiger partial charge on any atom is 0.260 e. The third kappa shape index (κ3) is 7.08. The SMILES string of the molecule is CN(C)c1ccc(/C=N\NC(=O)CN(c2ccc(Oc3ccccc3)cc2)S(C)(=O)=O)cc1. The van der Waals surface area contributed by atoms with Gasteiger partial charge in [-0.2, -0.15) is 5.10 Å². The summed E-state index contributed by atoms with van der Waals surface area (Å²) in [5.74, 6) is 0.651. The molecule has 3 aromatic rings. The molecule has 3 rings (SSSR count). The molecule has 8 nitrogen and oxygen atoms in total. The minimum absolute atomic E-state index is 0.344. The molecule has 0 saturated heterocycles. The molecular formula is C24H26N4O4S. The highest BCUT2D eigenvalue weighted by Crippen LogP contribution is 2.25. The Morgan fingerprint density at radius 2 is 1.48 bits per heavy atom. The Bertz CT molecular complexity index is 1190. The summed E-state index contributed by atoms with van der Waals surface area (Å²) >= 11 is 0. The van der Waals surface area contributed by atoms with Gasteiger partial charge >= 0.3 is 0 Å². The molecule has 9 heteroatoms. The van der Waals surface area contributed by atoms with Crippen LogP contribution in [-0.4, -0.2) is 47.4 Å². The molecule has 0 bridgehead atoms. The van der Waals surface area contributed by atoms with E-state index in [0.29, 0.717) is 17.2 Å². The number of anilines is 2. The van der Waals surface area contributed by atoms with E-state index >= 15 is 0 Å². The first-order valence-electron chi connectivity index (χ1n) is 10.1. The van der Waals surface area contributed by atoms with Crippen molar-refractivity contribution < 1.29 is 17.9 Å². The number of sulfonamides is 1. The molecule has 3 aromatic carbocycles. The third-order valence-corrected chi connectivity index (χ3v) is 5.74. The molecule has 0 fully saturated rings. The molecule has 0 aliphatic rings. The molecule has 0 spiro atoms. The fraction of sp³-hybridized carbons (Fsp3) is 0.167. The molecule has 0 aromatic heterocycles. The molecule has 0 atom stereocenters. The molecule has 0 saturated carbocycles. The number of nitrogens with zero attached hydrogens (tertiary/aromatic N) is 3. The van der Waals surface area contributed by atoms with Crippen LogP contribution >= 0.6 is 0 Å². The quantitative estimate of drug-likeness (QED) is 0.385. The first-order chi connectivity index (χ1) is 15.7. The van der Waals surface area contributed by atoms with Crippen molar-refractivity contribution in [2.75, 3.05) is 36.1 Å². The number of amides is 1. The summed E-state index contributed by atoms with van der Waals surface area (Å²) < 4.78 is 31.3. The number of nitrogens with one attached hydrogen (secondary N) is 1. The second-order valence-electron chi connectivity index (χ2n) is 7.46. The monoisotopic (exact) mass is 466 g/mol. The highest BCUT2D eigenvalue weighted by atomic mass is 32.2. The lowest BCUT2D eigenvalue weighted by atomic mass is 10.2. The standard InChI is InChI=1S/C24H26N4O4S/c1-27(2)20-11-9-19(10-12-20)17-25-26-24(29)18-28(33(3,30)31)21-13-15-23(16-14-21)32-22-7-5-4-6-8-22/h4-17H,18H2,1-3H3,(H,26,29)/b25-17-. The number of benzene rings is 3. The Kier molecular flexibility index (Phi) is 7.68. The average Bonchev–Trinajstić information content (AvgIpc) is 2.78. The Morgan fingerprint density at radius 1 is 0.909 bits per heavy atom. The Morgan fingerprint density at radius 3 is 2.06 bits per heavy atom. The summed E-state index contributed by atoms with van der Waals surface area (Å²) in [6.45, 7) is -0.408. The molecule has 0 radical (unpaired) electrons. The van der Waals surface area contributed by atoms with Gasteiger partial charge in [0, 0.05) is 19.8 Å². The Hall–Kier alpha value is -3.85. The van der Waals surface area contributed by atoms with E-state index in [9.17, 15) is 13.2 Å². The van der Waals surface area contributed by atoms with Crippen LogP contribution in [0.4, 0.5) is 11.4 Å². The van der Waals surface area contributed by atoms with Crippen molar-refractivity contribution in [3.8, 4) is 11.5 Å². The summed E-state index contributed by atoms with van der Waals surface area (Å²) in [5, 5.41) is 3.93. The summed E-state index contributed by atoms with van der Waals surface area (Å²) in [7, 11) is 0.191. The zero-order chi connectivity index (χ0) is 23.8. The highest BCUT2D eigenvalue weighted by Gasteiger charge is 2.20. The zero-order valence-corrected chi connectivity index (χ0v) is 19.5. The van der Waals surface area contributed by atoms with Gasteiger partial charge in [-0.05, 0) is 54.1 Å². The van der Waals surface area contributed by atoms with Crippen LogP contribution in [0.25, 0.3) is 0 Å². The molecule has 172 valence electrons. The topological polar surface area (TPSA) is 91.3 Å². The lowest BCUT2D eigenvalue weighted by Gasteiger charge is -2.21. The van der Waals surface area contributed by atoms with Crippen molar-refractivity contribution in [1.29, 1.82) is 0 Å². The molecule has 0 heterocycles. The van der Waals surface area contributed by atoms with Crippen LogP contribution in [0, 0.1) is 0 Å². The van der Waals surface area contributed by atoms with Crippen LogP contribution in [0.1, 0.15) is 5.56 Å². The maximum absolute atomic E-state index is 12.4. The second-order valence-corrected chi connectivity index (χ2v) is 9.36. The first kappa shape index (κ1) is 23.8. The van der Waals surface area contributed by atoms with Crippen LogP contribution in [0.3, 0.4) is 0 Å². The van der Waals surface area contributed by atoms with Gasteiger partial charge in [0.05, 0.1) is 18.2 Å². The first-order valence-corrected chi connectivity index (χ1v) is 12.0. The Balaban J connectivity index is 1.63. The number of para-hydroxylation sites is 1. The van der Waals surface area contributed by atoms with Gasteiger partial charge in [0.2, 0.25) is 10.0 Å². The number of hydrazone groups is 1. The van der Waals surface area contributed by atoms with Crippen LogP contribution in [0.2, 0.25) is 0 Å². The minimum Gasteiger partial charge on any atom is -0.457 e. The van der Waals surface area contributed by atoms with Gasteiger partial charge in [-0.3, -0.25) is 9.10 Å². The fourth-order valence-corrected chi connectivity index (χ4v) is 3.76. The summed E-state index contributed by atoms with van der Waals surface area (Å²) in [5.41, 5.74) is 4.56. The lowest BCUT2D eigenvalue weighted by Crippen LogP contribution is -2.39. The van der Waals surface area contributed by atoms with Crippen molar-refractivity contribution in [1.82, 2.24) is 5.43 Å². The molecule has 1 N–H and O–H groups in total. The number of ether oxygens (including phenoxy) is 1. The Labute approximate surface area is 194 Å². The van der Waals surface area contributed by atoms with E-state index in [2.05, 4.69) is 10.5 Å². The van der Waals surface area contributed by atoms with E-state index in [1.807, 2.05) is 73.6 Å². The maximum atomic E-state index is 12.4. The van der Waals surface area contributed by atoms with Crippen LogP contribution in [0.5, 0.6) is 11.5 Å². The van der Waals surface area contributed by atoms with Crippen molar-refractivity contribution >= 4 is 33.5 Å². The molecule has 0 aliphatic carbocycles. The fourth-order valence-electron chi connectivity index (χ4n) is 2.91. The number of hydrogen-bond acceptors (Lipinski definition) is 6. The van der Waals surface area contributed by atoms with Gasteiger partial charge in [-0.1, -0.05) is 30.3 Å². The number of rotatable bonds is 9. The minimum atomic E-state index is -3.70. The van der Waals surface area contributed by atoms with Crippen molar-refractivity contribution in [3.63, 3.8) is 0 Å². The average molecular weight is 467 g/mol. The smallest absolute Gasteiger partial charge is 0.260 e. The molecular weight excluding hydrogens is 440 g/mol. The summed E-state index contributed by atoms with van der Waals surface area (Å²) in [6, 6.07) is 23.3. The summed E-state index contributed by atoms with van der Waals surface area (Å²) in [4.78, 5) is 14.3. The largest absolute Gasteiger partial charge is 0.457 e. The van der Waals surface area contributed by atoms with E-state index in [-0.39, 0.29) is 0 Å². The van der Waals surface area contributed by atoms with Crippen molar-refractivity contribution in [2.45, 2.75) is 0 Å². The lowest BCUT2D eigenvalue weighted by molar-refractivity contribution is -0.119. The predicted octanol–water partition coefficient (Wildman–Crippen LogP) is 3.46. The third-order valence-electron chi connectivity index (χ3n) is 4.60. The molecule has 0 aliphatic heterocycles. The molecule has 0 unspecified atom stereocenters. The van der Waals surface area contributed by atoms with Crippen LogP contribution in [0.15, 0.2) is 84.0 Å².